The van der Waals surface area contributed by atoms with Crippen LogP contribution in [-0.4, -0.2) is 22.1 Å². The van der Waals surface area contributed by atoms with Crippen molar-refractivity contribution in [2.24, 2.45) is 11.7 Å². The number of nitrogens with two attached hydrogens (primary N) is 1. The fourth-order valence-corrected chi connectivity index (χ4v) is 2.83. The van der Waals surface area contributed by atoms with Crippen LogP contribution in [0.25, 0.3) is 11.4 Å². The second kappa shape index (κ2) is 6.70. The molecule has 3 N–H and O–H groups in total. The maximum Gasteiger partial charge on any atom is 0.246 e. The minimum absolute atomic E-state index is 0.0122. The molecule has 2 atom stereocenters. The Balaban J connectivity index is 1.51. The van der Waals surface area contributed by atoms with Gasteiger partial charge < -0.3 is 15.6 Å². The van der Waals surface area contributed by atoms with Crippen molar-refractivity contribution >= 4 is 5.91 Å². The fourth-order valence-electron chi connectivity index (χ4n) is 2.83. The highest BCUT2D eigenvalue weighted by Crippen LogP contribution is 2.26. The summed E-state index contributed by atoms with van der Waals surface area (Å²) in [5.41, 5.74) is 6.87. The molecule has 116 valence electrons. The number of amides is 1. The van der Waals surface area contributed by atoms with Crippen LogP contribution in [0.3, 0.4) is 0 Å². The number of hydrogen-bond donors (Lipinski definition) is 2. The van der Waals surface area contributed by atoms with E-state index in [1.165, 1.54) is 0 Å². The molecular weight excluding hydrogens is 280 g/mol. The Morgan fingerprint density at radius 2 is 2.14 bits per heavy atom. The molecule has 1 aliphatic rings. The first kappa shape index (κ1) is 14.7. The third kappa shape index (κ3) is 3.51. The quantitative estimate of drug-likeness (QED) is 0.879. The van der Waals surface area contributed by atoms with E-state index < -0.39 is 0 Å². The molecular formula is C16H20N4O2. The highest BCUT2D eigenvalue weighted by atomic mass is 16.5. The average molecular weight is 300 g/mol. The molecule has 0 bridgehead atoms. The lowest BCUT2D eigenvalue weighted by atomic mass is 10.00. The molecule has 2 aromatic rings. The van der Waals surface area contributed by atoms with E-state index in [0.717, 1.165) is 24.8 Å². The van der Waals surface area contributed by atoms with Crippen LogP contribution in [0, 0.1) is 5.92 Å². The Kier molecular flexibility index (Phi) is 4.48. The summed E-state index contributed by atoms with van der Waals surface area (Å²) < 4.78 is 5.16. The first-order valence-corrected chi connectivity index (χ1v) is 7.62. The standard InChI is InChI=1S/C16H20N4O2/c17-13-8-4-7-12(13)9-14(21)18-10-15-19-16(20-22-15)11-5-2-1-3-6-11/h1-3,5-6,12-13H,4,7-10,17H2,(H,18,21)/t12-,13+/m0/s1. The van der Waals surface area contributed by atoms with Gasteiger partial charge in [0.25, 0.3) is 0 Å². The Morgan fingerprint density at radius 1 is 1.32 bits per heavy atom. The Morgan fingerprint density at radius 3 is 2.86 bits per heavy atom. The highest BCUT2D eigenvalue weighted by Gasteiger charge is 2.26. The van der Waals surface area contributed by atoms with Crippen LogP contribution in [0.1, 0.15) is 31.6 Å². The van der Waals surface area contributed by atoms with Crippen molar-refractivity contribution in [1.29, 1.82) is 0 Å². The van der Waals surface area contributed by atoms with Gasteiger partial charge in [0.2, 0.25) is 17.6 Å². The van der Waals surface area contributed by atoms with Crippen LogP contribution in [0.15, 0.2) is 34.9 Å². The molecule has 0 aliphatic heterocycles. The predicted octanol–water partition coefficient (Wildman–Crippen LogP) is 1.87. The third-order valence-electron chi connectivity index (χ3n) is 4.10. The van der Waals surface area contributed by atoms with Gasteiger partial charge in [0.1, 0.15) is 0 Å². The number of carbonyl (C=O) groups excluding carboxylic acids is 1. The van der Waals surface area contributed by atoms with Gasteiger partial charge in [-0.05, 0) is 18.8 Å². The smallest absolute Gasteiger partial charge is 0.246 e. The molecule has 1 heterocycles. The number of nitrogens with one attached hydrogen (secondary N) is 1. The molecule has 1 saturated carbocycles. The summed E-state index contributed by atoms with van der Waals surface area (Å²) in [6.45, 7) is 0.251. The van der Waals surface area contributed by atoms with E-state index in [1.54, 1.807) is 0 Å². The van der Waals surface area contributed by atoms with Crippen molar-refractivity contribution in [2.45, 2.75) is 38.3 Å². The third-order valence-corrected chi connectivity index (χ3v) is 4.10. The largest absolute Gasteiger partial charge is 0.347 e. The number of hydrogen-bond acceptors (Lipinski definition) is 5. The van der Waals surface area contributed by atoms with Gasteiger partial charge in [0.05, 0.1) is 6.54 Å². The Bertz CT molecular complexity index is 626. The number of aromatic nitrogens is 2. The lowest BCUT2D eigenvalue weighted by molar-refractivity contribution is -0.122. The summed E-state index contributed by atoms with van der Waals surface area (Å²) in [7, 11) is 0. The molecule has 0 spiro atoms. The zero-order chi connectivity index (χ0) is 15.4. The van der Waals surface area contributed by atoms with Gasteiger partial charge in [-0.2, -0.15) is 4.98 Å². The predicted molar refractivity (Wildman–Crippen MR) is 81.5 cm³/mol. The van der Waals surface area contributed by atoms with Crippen molar-refractivity contribution in [3.05, 3.63) is 36.2 Å². The van der Waals surface area contributed by atoms with Crippen molar-refractivity contribution in [3.8, 4) is 11.4 Å². The Labute approximate surface area is 129 Å². The van der Waals surface area contributed by atoms with Crippen LogP contribution >= 0.6 is 0 Å². The summed E-state index contributed by atoms with van der Waals surface area (Å²) in [4.78, 5) is 16.2. The number of carbonyl (C=O) groups is 1. The van der Waals surface area contributed by atoms with Crippen molar-refractivity contribution in [1.82, 2.24) is 15.5 Å². The summed E-state index contributed by atoms with van der Waals surface area (Å²) in [5, 5.41) is 6.74. The zero-order valence-corrected chi connectivity index (χ0v) is 12.4. The number of benzene rings is 1. The monoisotopic (exact) mass is 300 g/mol. The van der Waals surface area contributed by atoms with E-state index in [1.807, 2.05) is 30.3 Å². The van der Waals surface area contributed by atoms with Gasteiger partial charge in [0, 0.05) is 18.0 Å². The minimum atomic E-state index is -0.0122. The lowest BCUT2D eigenvalue weighted by Crippen LogP contribution is -2.31. The van der Waals surface area contributed by atoms with E-state index in [2.05, 4.69) is 15.5 Å². The molecule has 6 heteroatoms. The van der Waals surface area contributed by atoms with E-state index in [0.29, 0.717) is 24.1 Å². The van der Waals surface area contributed by atoms with Gasteiger partial charge in [0.15, 0.2) is 0 Å². The van der Waals surface area contributed by atoms with Crippen molar-refractivity contribution < 1.29 is 9.32 Å². The molecule has 0 saturated heterocycles. The van der Waals surface area contributed by atoms with E-state index in [-0.39, 0.29) is 18.5 Å². The molecule has 1 aromatic heterocycles. The average Bonchev–Trinajstić information content (AvgIpc) is 3.16. The SMILES string of the molecule is N[C@@H]1CCC[C@H]1CC(=O)NCc1nc(-c2ccccc2)no1. The lowest BCUT2D eigenvalue weighted by Gasteiger charge is -2.14. The van der Waals surface area contributed by atoms with Crippen LogP contribution < -0.4 is 11.1 Å². The minimum Gasteiger partial charge on any atom is -0.347 e. The molecule has 1 aliphatic carbocycles. The summed E-state index contributed by atoms with van der Waals surface area (Å²) in [6.07, 6.45) is 3.64. The van der Waals surface area contributed by atoms with Gasteiger partial charge in [-0.25, -0.2) is 0 Å². The molecule has 1 amide bonds. The van der Waals surface area contributed by atoms with E-state index >= 15 is 0 Å². The van der Waals surface area contributed by atoms with Crippen LogP contribution in [-0.2, 0) is 11.3 Å². The summed E-state index contributed by atoms with van der Waals surface area (Å²) >= 11 is 0. The van der Waals surface area contributed by atoms with Crippen LogP contribution in [0.5, 0.6) is 0 Å². The van der Waals surface area contributed by atoms with Crippen LogP contribution in [0.4, 0.5) is 0 Å². The zero-order valence-electron chi connectivity index (χ0n) is 12.4. The molecule has 22 heavy (non-hydrogen) atoms. The Hall–Kier alpha value is -2.21. The summed E-state index contributed by atoms with van der Waals surface area (Å²) in [5.74, 6) is 1.22. The van der Waals surface area contributed by atoms with Gasteiger partial charge in [-0.1, -0.05) is 41.9 Å². The highest BCUT2D eigenvalue weighted by molar-refractivity contribution is 5.76. The first-order chi connectivity index (χ1) is 10.7. The fraction of sp³-hybridized carbons (Fsp3) is 0.438. The number of nitrogens with zero attached hydrogens (tertiary/aromatic N) is 2. The van der Waals surface area contributed by atoms with E-state index in [9.17, 15) is 4.79 Å². The molecule has 0 unspecified atom stereocenters. The van der Waals surface area contributed by atoms with Crippen LogP contribution in [0.2, 0.25) is 0 Å². The summed E-state index contributed by atoms with van der Waals surface area (Å²) in [6, 6.07) is 9.73. The molecule has 6 nitrogen and oxygen atoms in total. The van der Waals surface area contributed by atoms with Gasteiger partial charge in [-0.15, -0.1) is 0 Å². The maximum atomic E-state index is 11.9. The van der Waals surface area contributed by atoms with Gasteiger partial charge >= 0.3 is 0 Å². The van der Waals surface area contributed by atoms with E-state index in [4.69, 9.17) is 10.3 Å². The molecule has 0 radical (unpaired) electrons. The molecule has 3 rings (SSSR count). The maximum absolute atomic E-state index is 11.9. The normalized spacial score (nSPS) is 21.0. The molecule has 1 fully saturated rings. The van der Waals surface area contributed by atoms with Crippen molar-refractivity contribution in [2.75, 3.05) is 0 Å². The second-order valence-electron chi connectivity index (χ2n) is 5.71. The number of rotatable bonds is 5. The topological polar surface area (TPSA) is 94.0 Å². The van der Waals surface area contributed by atoms with Gasteiger partial charge in [-0.3, -0.25) is 4.79 Å². The van der Waals surface area contributed by atoms with Crippen molar-refractivity contribution in [3.63, 3.8) is 0 Å². The molecule has 1 aromatic carbocycles. The second-order valence-corrected chi connectivity index (χ2v) is 5.71. The first-order valence-electron chi connectivity index (χ1n) is 7.62.